The van der Waals surface area contributed by atoms with Crippen molar-refractivity contribution in [3.05, 3.63) is 40.7 Å². The largest absolute Gasteiger partial charge is 0.265 e. The number of rotatable bonds is 4. The summed E-state index contributed by atoms with van der Waals surface area (Å²) in [7, 11) is 1.80. The van der Waals surface area contributed by atoms with Gasteiger partial charge < -0.3 is 0 Å². The Balaban J connectivity index is 2.78. The first kappa shape index (κ1) is 16.0. The summed E-state index contributed by atoms with van der Waals surface area (Å²) in [6.07, 6.45) is 1.06. The second-order valence-electron chi connectivity index (χ2n) is 5.13. The van der Waals surface area contributed by atoms with E-state index in [1.807, 2.05) is 39.8 Å². The molecule has 0 aliphatic rings. The molecule has 0 fully saturated rings. The highest BCUT2D eigenvalue weighted by molar-refractivity contribution is 8.13. The highest BCUT2D eigenvalue weighted by Gasteiger charge is 2.26. The third-order valence-electron chi connectivity index (χ3n) is 3.37. The van der Waals surface area contributed by atoms with Crippen molar-refractivity contribution in [1.82, 2.24) is 9.78 Å². The molecule has 0 bridgehead atoms. The van der Waals surface area contributed by atoms with Crippen molar-refractivity contribution >= 4 is 19.7 Å². The molecule has 4 nitrogen and oxygen atoms in total. The molecule has 114 valence electrons. The van der Waals surface area contributed by atoms with Crippen LogP contribution in [-0.2, 0) is 21.9 Å². The minimum absolute atomic E-state index is 0.160. The second-order valence-corrected chi connectivity index (χ2v) is 7.63. The number of benzene rings is 1. The van der Waals surface area contributed by atoms with E-state index >= 15 is 0 Å². The molecule has 1 heterocycles. The average Bonchev–Trinajstić information content (AvgIpc) is 2.75. The van der Waals surface area contributed by atoms with Crippen LogP contribution in [0.1, 0.15) is 36.4 Å². The van der Waals surface area contributed by atoms with Crippen LogP contribution in [0, 0.1) is 13.8 Å². The average molecular weight is 327 g/mol. The van der Waals surface area contributed by atoms with Crippen LogP contribution in [-0.4, -0.2) is 18.2 Å². The van der Waals surface area contributed by atoms with E-state index in [0.717, 1.165) is 16.8 Å². The third kappa shape index (κ3) is 3.14. The Kier molecular flexibility index (Phi) is 4.44. The van der Waals surface area contributed by atoms with Gasteiger partial charge in [0, 0.05) is 10.7 Å². The molecular weight excluding hydrogens is 308 g/mol. The van der Waals surface area contributed by atoms with Crippen molar-refractivity contribution in [3.63, 3.8) is 0 Å². The summed E-state index contributed by atoms with van der Waals surface area (Å²) in [5, 5.41) is 4.47. The summed E-state index contributed by atoms with van der Waals surface area (Å²) < 4.78 is 25.5. The molecule has 0 saturated heterocycles. The van der Waals surface area contributed by atoms with E-state index in [1.165, 1.54) is 0 Å². The zero-order chi connectivity index (χ0) is 15.8. The van der Waals surface area contributed by atoms with E-state index in [2.05, 4.69) is 11.2 Å². The maximum absolute atomic E-state index is 11.9. The molecule has 0 atom stereocenters. The van der Waals surface area contributed by atoms with Gasteiger partial charge in [-0.05, 0) is 49.9 Å². The van der Waals surface area contributed by atoms with Crippen molar-refractivity contribution in [2.45, 2.75) is 45.4 Å². The highest BCUT2D eigenvalue weighted by Crippen LogP contribution is 2.28. The molecule has 0 N–H and O–H groups in total. The molecule has 6 heteroatoms. The molecule has 0 amide bonds. The lowest BCUT2D eigenvalue weighted by molar-refractivity contribution is 0.607. The minimum Gasteiger partial charge on any atom is -0.236 e. The normalized spacial score (nSPS) is 11.9. The van der Waals surface area contributed by atoms with Gasteiger partial charge in [0.25, 0.3) is 9.05 Å². The van der Waals surface area contributed by atoms with Crippen molar-refractivity contribution in [2.75, 3.05) is 0 Å². The fourth-order valence-electron chi connectivity index (χ4n) is 2.60. The van der Waals surface area contributed by atoms with Gasteiger partial charge in [-0.25, -0.2) is 13.1 Å². The van der Waals surface area contributed by atoms with Crippen LogP contribution < -0.4 is 0 Å². The predicted molar refractivity (Wildman–Crippen MR) is 84.8 cm³/mol. The molecule has 0 aliphatic carbocycles. The molecule has 2 aromatic rings. The van der Waals surface area contributed by atoms with Crippen LogP contribution in [0.25, 0.3) is 5.69 Å². The fourth-order valence-corrected chi connectivity index (χ4v) is 4.11. The van der Waals surface area contributed by atoms with E-state index in [0.29, 0.717) is 24.2 Å². The minimum atomic E-state index is -3.81. The summed E-state index contributed by atoms with van der Waals surface area (Å²) >= 11 is 0. The third-order valence-corrected chi connectivity index (χ3v) is 4.79. The Morgan fingerprint density at radius 2 is 1.67 bits per heavy atom. The zero-order valence-corrected chi connectivity index (χ0v) is 14.2. The van der Waals surface area contributed by atoms with Crippen LogP contribution in [0.15, 0.2) is 23.1 Å². The standard InChI is InChI=1S/C15H19ClN2O2S/c1-5-13-15(21(16,19)20)14(6-2)18(17-13)12-8-10(3)7-11(4)9-12/h7-9H,5-6H2,1-4H3. The summed E-state index contributed by atoms with van der Waals surface area (Å²) in [4.78, 5) is 0.160. The Morgan fingerprint density at radius 1 is 1.10 bits per heavy atom. The summed E-state index contributed by atoms with van der Waals surface area (Å²) in [6, 6.07) is 6.05. The predicted octanol–water partition coefficient (Wildman–Crippen LogP) is 3.54. The van der Waals surface area contributed by atoms with Crippen LogP contribution >= 0.6 is 10.7 Å². The first-order valence-electron chi connectivity index (χ1n) is 6.92. The monoisotopic (exact) mass is 326 g/mol. The summed E-state index contributed by atoms with van der Waals surface area (Å²) in [5.41, 5.74) is 4.23. The maximum Gasteiger partial charge on any atom is 0.265 e. The van der Waals surface area contributed by atoms with Gasteiger partial charge in [0.2, 0.25) is 0 Å². The number of halogens is 1. The molecule has 0 unspecified atom stereocenters. The molecule has 1 aromatic heterocycles. The van der Waals surface area contributed by atoms with Crippen molar-refractivity contribution in [3.8, 4) is 5.69 Å². The summed E-state index contributed by atoms with van der Waals surface area (Å²) in [5.74, 6) is 0. The highest BCUT2D eigenvalue weighted by atomic mass is 35.7. The topological polar surface area (TPSA) is 52.0 Å². The Morgan fingerprint density at radius 3 is 2.10 bits per heavy atom. The molecule has 0 saturated carbocycles. The lowest BCUT2D eigenvalue weighted by Gasteiger charge is -2.09. The molecule has 0 radical (unpaired) electrons. The van der Waals surface area contributed by atoms with E-state index in [9.17, 15) is 8.42 Å². The molecule has 2 rings (SSSR count). The molecule has 0 spiro atoms. The van der Waals surface area contributed by atoms with Crippen LogP contribution in [0.5, 0.6) is 0 Å². The number of aromatic nitrogens is 2. The van der Waals surface area contributed by atoms with Gasteiger partial charge in [-0.2, -0.15) is 5.10 Å². The van der Waals surface area contributed by atoms with E-state index in [4.69, 9.17) is 10.7 Å². The quantitative estimate of drug-likeness (QED) is 0.807. The van der Waals surface area contributed by atoms with Gasteiger partial charge in [0.15, 0.2) is 0 Å². The first-order valence-corrected chi connectivity index (χ1v) is 9.23. The fraction of sp³-hybridized carbons (Fsp3) is 0.400. The number of hydrogen-bond acceptors (Lipinski definition) is 3. The van der Waals surface area contributed by atoms with Gasteiger partial charge in [-0.3, -0.25) is 0 Å². The maximum atomic E-state index is 11.9. The van der Waals surface area contributed by atoms with Gasteiger partial charge in [-0.1, -0.05) is 19.9 Å². The number of hydrogen-bond donors (Lipinski definition) is 0. The molecular formula is C15H19ClN2O2S. The van der Waals surface area contributed by atoms with Crippen molar-refractivity contribution in [2.24, 2.45) is 0 Å². The zero-order valence-electron chi connectivity index (χ0n) is 12.6. The lowest BCUT2D eigenvalue weighted by atomic mass is 10.1. The van der Waals surface area contributed by atoms with Crippen LogP contribution in [0.2, 0.25) is 0 Å². The van der Waals surface area contributed by atoms with E-state index in [-0.39, 0.29) is 4.90 Å². The van der Waals surface area contributed by atoms with Gasteiger partial charge in [0.1, 0.15) is 4.90 Å². The number of nitrogens with zero attached hydrogens (tertiary/aromatic N) is 2. The van der Waals surface area contributed by atoms with Crippen LogP contribution in [0.3, 0.4) is 0 Å². The van der Waals surface area contributed by atoms with Crippen molar-refractivity contribution < 1.29 is 8.42 Å². The summed E-state index contributed by atoms with van der Waals surface area (Å²) in [6.45, 7) is 7.79. The number of aryl methyl sites for hydroxylation is 3. The molecule has 21 heavy (non-hydrogen) atoms. The SMILES string of the molecule is CCc1nn(-c2cc(C)cc(C)c2)c(CC)c1S(=O)(=O)Cl. The molecule has 0 aliphatic heterocycles. The smallest absolute Gasteiger partial charge is 0.236 e. The lowest BCUT2D eigenvalue weighted by Crippen LogP contribution is -2.04. The van der Waals surface area contributed by atoms with Gasteiger partial charge >= 0.3 is 0 Å². The van der Waals surface area contributed by atoms with E-state index < -0.39 is 9.05 Å². The van der Waals surface area contributed by atoms with Crippen LogP contribution in [0.4, 0.5) is 0 Å². The Labute approximate surface area is 130 Å². The van der Waals surface area contributed by atoms with Crippen molar-refractivity contribution in [1.29, 1.82) is 0 Å². The van der Waals surface area contributed by atoms with Gasteiger partial charge in [-0.15, -0.1) is 0 Å². The first-order chi connectivity index (χ1) is 9.77. The Bertz CT molecular complexity index is 759. The molecule has 1 aromatic carbocycles. The second kappa shape index (κ2) is 5.81. The van der Waals surface area contributed by atoms with Gasteiger partial charge in [0.05, 0.1) is 17.1 Å². The van der Waals surface area contributed by atoms with E-state index in [1.54, 1.807) is 4.68 Å². The Hall–Kier alpha value is -1.33.